The Labute approximate surface area is 158 Å². The summed E-state index contributed by atoms with van der Waals surface area (Å²) in [4.78, 5) is 0. The summed E-state index contributed by atoms with van der Waals surface area (Å²) < 4.78 is 84.0. The monoisotopic (exact) mass is 406 g/mol. The summed E-state index contributed by atoms with van der Waals surface area (Å²) in [6, 6.07) is 10.2. The molecule has 0 heterocycles. The molecule has 0 bridgehead atoms. The van der Waals surface area contributed by atoms with Crippen LogP contribution in [0.4, 0.5) is 26.3 Å². The van der Waals surface area contributed by atoms with E-state index in [1.165, 1.54) is 19.9 Å². The molecule has 1 N–H and O–H groups in total. The minimum Gasteiger partial charge on any atom is -0.372 e. The summed E-state index contributed by atoms with van der Waals surface area (Å²) in [5, 5.41) is 10.9. The Morgan fingerprint density at radius 1 is 0.964 bits per heavy atom. The van der Waals surface area contributed by atoms with Crippen molar-refractivity contribution in [2.45, 2.75) is 50.4 Å². The van der Waals surface area contributed by atoms with Crippen LogP contribution < -0.4 is 0 Å². The molecule has 1 unspecified atom stereocenters. The number of benzene rings is 2. The van der Waals surface area contributed by atoms with Crippen LogP contribution in [0.15, 0.2) is 43.0 Å². The summed E-state index contributed by atoms with van der Waals surface area (Å²) in [6.07, 6.45) is -13.0. The highest BCUT2D eigenvalue weighted by Crippen LogP contribution is 2.48. The third-order valence-corrected chi connectivity index (χ3v) is 4.73. The first-order valence-corrected chi connectivity index (χ1v) is 8.35. The van der Waals surface area contributed by atoms with Gasteiger partial charge in [-0.1, -0.05) is 49.1 Å². The number of aliphatic hydroxyl groups is 1. The van der Waals surface area contributed by atoms with Crippen LogP contribution in [0.5, 0.6) is 0 Å². The van der Waals surface area contributed by atoms with Crippen molar-refractivity contribution in [2.24, 2.45) is 0 Å². The highest BCUT2D eigenvalue weighted by molar-refractivity contribution is 5.93. The Morgan fingerprint density at radius 2 is 1.46 bits per heavy atom. The van der Waals surface area contributed by atoms with E-state index in [-0.39, 0.29) is 0 Å². The van der Waals surface area contributed by atoms with Gasteiger partial charge in [-0.25, -0.2) is 0 Å². The molecule has 0 aliphatic rings. The van der Waals surface area contributed by atoms with Crippen molar-refractivity contribution in [2.75, 3.05) is 0 Å². The topological polar surface area (TPSA) is 29.5 Å². The third kappa shape index (κ3) is 3.63. The second-order valence-electron chi connectivity index (χ2n) is 6.99. The largest absolute Gasteiger partial charge is 0.428 e. The van der Waals surface area contributed by atoms with E-state index in [4.69, 9.17) is 4.74 Å². The highest BCUT2D eigenvalue weighted by Gasteiger charge is 2.74. The average Bonchev–Trinajstić information content (AvgIpc) is 2.57. The summed E-state index contributed by atoms with van der Waals surface area (Å²) in [5.74, 6) is 0. The molecule has 8 heteroatoms. The second kappa shape index (κ2) is 7.08. The fourth-order valence-electron chi connectivity index (χ4n) is 3.25. The zero-order valence-electron chi connectivity index (χ0n) is 15.4. The quantitative estimate of drug-likeness (QED) is 0.619. The van der Waals surface area contributed by atoms with Gasteiger partial charge in [0.25, 0.3) is 5.60 Å². The molecule has 1 atom stereocenters. The van der Waals surface area contributed by atoms with Gasteiger partial charge in [-0.05, 0) is 42.7 Å². The lowest BCUT2D eigenvalue weighted by Gasteiger charge is -2.41. The number of ether oxygens (including phenoxy) is 1. The normalized spacial score (nSPS) is 14.9. The maximum absolute atomic E-state index is 13.1. The van der Waals surface area contributed by atoms with Gasteiger partial charge < -0.3 is 9.84 Å². The van der Waals surface area contributed by atoms with Crippen LogP contribution in [0.3, 0.4) is 0 Å². The van der Waals surface area contributed by atoms with E-state index in [0.717, 1.165) is 5.39 Å². The maximum atomic E-state index is 13.1. The first-order chi connectivity index (χ1) is 12.7. The molecule has 0 aliphatic heterocycles. The molecular weight excluding hydrogens is 386 g/mol. The molecule has 0 spiro atoms. The second-order valence-corrected chi connectivity index (χ2v) is 6.99. The van der Waals surface area contributed by atoms with Gasteiger partial charge in [0.05, 0.1) is 5.60 Å². The molecule has 0 aromatic heterocycles. The first kappa shape index (κ1) is 22.2. The van der Waals surface area contributed by atoms with E-state index >= 15 is 0 Å². The van der Waals surface area contributed by atoms with Gasteiger partial charge in [-0.3, -0.25) is 0 Å². The standard InChI is InChI=1S/C20H20F6O2/c1-5-13-8-6-9-14-10-7-11-15(16(13)14)17(3,4)28-12(2)18(27,19(21,22)23)20(24,25)26/h5-12,27H,1H2,2-4H3. The summed E-state index contributed by atoms with van der Waals surface area (Å²) in [5.41, 5.74) is -5.57. The number of hydrogen-bond donors (Lipinski definition) is 1. The molecule has 0 saturated carbocycles. The van der Waals surface area contributed by atoms with Crippen molar-refractivity contribution in [1.82, 2.24) is 0 Å². The summed E-state index contributed by atoms with van der Waals surface area (Å²) in [6.45, 7) is 6.95. The van der Waals surface area contributed by atoms with Gasteiger partial charge in [-0.2, -0.15) is 26.3 Å². The minimum absolute atomic E-state index is 0.374. The Kier molecular flexibility index (Phi) is 5.62. The van der Waals surface area contributed by atoms with Gasteiger partial charge in [0.2, 0.25) is 0 Å². The van der Waals surface area contributed by atoms with Gasteiger partial charge in [0, 0.05) is 0 Å². The van der Waals surface area contributed by atoms with Crippen LogP contribution in [0.2, 0.25) is 0 Å². The summed E-state index contributed by atoms with van der Waals surface area (Å²) >= 11 is 0. The van der Waals surface area contributed by atoms with Crippen molar-refractivity contribution in [3.8, 4) is 0 Å². The number of halogens is 6. The lowest BCUT2D eigenvalue weighted by molar-refractivity contribution is -0.398. The van der Waals surface area contributed by atoms with Gasteiger partial charge in [0.15, 0.2) is 0 Å². The Morgan fingerprint density at radius 3 is 1.93 bits per heavy atom. The molecule has 0 amide bonds. The first-order valence-electron chi connectivity index (χ1n) is 8.35. The van der Waals surface area contributed by atoms with Crippen LogP contribution >= 0.6 is 0 Å². The van der Waals surface area contributed by atoms with E-state index in [1.807, 2.05) is 0 Å². The van der Waals surface area contributed by atoms with Crippen molar-refractivity contribution in [3.63, 3.8) is 0 Å². The Hall–Kier alpha value is -2.06. The van der Waals surface area contributed by atoms with Crippen molar-refractivity contribution >= 4 is 16.8 Å². The molecule has 154 valence electrons. The highest BCUT2D eigenvalue weighted by atomic mass is 19.4. The van der Waals surface area contributed by atoms with Gasteiger partial charge in [-0.15, -0.1) is 0 Å². The lowest BCUT2D eigenvalue weighted by Crippen LogP contribution is -2.64. The van der Waals surface area contributed by atoms with Crippen LogP contribution in [0.1, 0.15) is 31.9 Å². The van der Waals surface area contributed by atoms with E-state index in [2.05, 4.69) is 6.58 Å². The molecule has 0 aliphatic carbocycles. The van der Waals surface area contributed by atoms with Crippen LogP contribution in [0.25, 0.3) is 16.8 Å². The molecule has 0 fully saturated rings. The molecule has 2 nitrogen and oxygen atoms in total. The molecule has 2 rings (SSSR count). The smallest absolute Gasteiger partial charge is 0.372 e. The molecule has 2 aromatic rings. The van der Waals surface area contributed by atoms with Crippen molar-refractivity contribution in [1.29, 1.82) is 0 Å². The predicted molar refractivity (Wildman–Crippen MR) is 94.7 cm³/mol. The Balaban J connectivity index is 2.57. The predicted octanol–water partition coefficient (Wildman–Crippen LogP) is 5.98. The van der Waals surface area contributed by atoms with Crippen LogP contribution in [-0.2, 0) is 10.3 Å². The Bertz CT molecular complexity index is 848. The van der Waals surface area contributed by atoms with E-state index in [0.29, 0.717) is 23.4 Å². The number of fused-ring (bicyclic) bond motifs is 1. The van der Waals surface area contributed by atoms with Crippen molar-refractivity contribution in [3.05, 3.63) is 54.1 Å². The fraction of sp³-hybridized carbons (Fsp3) is 0.400. The van der Waals surface area contributed by atoms with Gasteiger partial charge >= 0.3 is 12.4 Å². The van der Waals surface area contributed by atoms with E-state index in [1.54, 1.807) is 36.4 Å². The van der Waals surface area contributed by atoms with Crippen LogP contribution in [-0.4, -0.2) is 29.2 Å². The van der Waals surface area contributed by atoms with Crippen molar-refractivity contribution < 1.29 is 36.2 Å². The lowest BCUT2D eigenvalue weighted by atomic mass is 9.88. The number of alkyl halides is 6. The molecular formula is C20H20F6O2. The maximum Gasteiger partial charge on any atom is 0.428 e. The molecule has 0 saturated heterocycles. The van der Waals surface area contributed by atoms with Gasteiger partial charge in [0.1, 0.15) is 6.10 Å². The molecule has 0 radical (unpaired) electrons. The fourth-order valence-corrected chi connectivity index (χ4v) is 3.25. The zero-order valence-corrected chi connectivity index (χ0v) is 15.4. The molecule has 2 aromatic carbocycles. The average molecular weight is 406 g/mol. The SMILES string of the molecule is C=Cc1cccc2cccc(C(C)(C)OC(C)C(O)(C(F)(F)F)C(F)(F)F)c12. The zero-order chi connectivity index (χ0) is 21.5. The number of rotatable bonds is 5. The summed E-state index contributed by atoms with van der Waals surface area (Å²) in [7, 11) is 0. The third-order valence-electron chi connectivity index (χ3n) is 4.73. The minimum atomic E-state index is -5.97. The van der Waals surface area contributed by atoms with E-state index < -0.39 is 29.7 Å². The molecule has 28 heavy (non-hydrogen) atoms. The van der Waals surface area contributed by atoms with E-state index in [9.17, 15) is 31.4 Å². The van der Waals surface area contributed by atoms with Crippen LogP contribution in [0, 0.1) is 0 Å². The number of hydrogen-bond acceptors (Lipinski definition) is 2.